The van der Waals surface area contributed by atoms with Crippen molar-refractivity contribution in [3.05, 3.63) is 169 Å². The number of aromatic nitrogens is 6. The van der Waals surface area contributed by atoms with Crippen LogP contribution in [-0.2, 0) is 0 Å². The van der Waals surface area contributed by atoms with E-state index in [2.05, 4.69) is 46.4 Å². The third-order valence-electron chi connectivity index (χ3n) is 10.7. The van der Waals surface area contributed by atoms with Crippen LogP contribution in [0.5, 0.6) is 0 Å². The van der Waals surface area contributed by atoms with Crippen molar-refractivity contribution in [2.75, 3.05) is 0 Å². The average molecular weight is 739 g/mol. The van der Waals surface area contributed by atoms with Crippen molar-refractivity contribution in [1.29, 1.82) is 10.5 Å². The van der Waals surface area contributed by atoms with E-state index >= 15 is 0 Å². The molecule has 6 aromatic heterocycles. The molecule has 0 atom stereocenters. The molecule has 0 spiro atoms. The van der Waals surface area contributed by atoms with E-state index in [0.29, 0.717) is 22.5 Å². The lowest BCUT2D eigenvalue weighted by molar-refractivity contribution is 1.34. The van der Waals surface area contributed by atoms with Gasteiger partial charge in [0.05, 0.1) is 79.1 Å². The molecule has 0 amide bonds. The van der Waals surface area contributed by atoms with Crippen molar-refractivity contribution in [3.8, 4) is 57.2 Å². The third-order valence-corrected chi connectivity index (χ3v) is 10.7. The van der Waals surface area contributed by atoms with E-state index in [-0.39, 0.29) is 0 Å². The zero-order valence-electron chi connectivity index (χ0n) is 30.6. The highest BCUT2D eigenvalue weighted by atomic mass is 14.8. The zero-order valence-corrected chi connectivity index (χ0v) is 30.6. The van der Waals surface area contributed by atoms with Crippen molar-refractivity contribution in [2.45, 2.75) is 0 Å². The fourth-order valence-corrected chi connectivity index (χ4v) is 7.83. The minimum absolute atomic E-state index is 0.504. The van der Waals surface area contributed by atoms with Gasteiger partial charge in [0.25, 0.3) is 0 Å². The second kappa shape index (κ2) is 13.1. The van der Waals surface area contributed by atoms with Crippen LogP contribution in [0, 0.1) is 22.7 Å². The molecule has 0 fully saturated rings. The summed E-state index contributed by atoms with van der Waals surface area (Å²) in [5, 5.41) is 26.1. The van der Waals surface area contributed by atoms with Gasteiger partial charge in [0.1, 0.15) is 0 Å². The van der Waals surface area contributed by atoms with Crippen molar-refractivity contribution in [1.82, 2.24) is 29.9 Å². The Hall–Kier alpha value is -8.46. The molecule has 11 rings (SSSR count). The SMILES string of the molecule is N#Cc1cc(-c2ccc3ccc4cccnc4c3n2)cc(-c2ccc3ccc4ccc(-c5cc(C#N)cc(-c6ccc7ccc8cccnc8c7n6)c5)nc4c3n2)c1. The Morgan fingerprint density at radius 2 is 0.586 bits per heavy atom. The fourth-order valence-electron chi connectivity index (χ4n) is 7.83. The van der Waals surface area contributed by atoms with Crippen LogP contribution >= 0.6 is 0 Å². The van der Waals surface area contributed by atoms with E-state index in [9.17, 15) is 10.5 Å². The minimum Gasteiger partial charge on any atom is -0.254 e. The summed E-state index contributed by atoms with van der Waals surface area (Å²) < 4.78 is 0. The van der Waals surface area contributed by atoms with Gasteiger partial charge in [-0.2, -0.15) is 10.5 Å². The predicted octanol–water partition coefficient (Wildman–Crippen LogP) is 11.4. The van der Waals surface area contributed by atoms with Crippen LogP contribution in [0.3, 0.4) is 0 Å². The second-order valence-electron chi connectivity index (χ2n) is 14.2. The molecule has 8 heteroatoms. The first-order valence-electron chi connectivity index (χ1n) is 18.7. The van der Waals surface area contributed by atoms with Crippen LogP contribution in [0.1, 0.15) is 11.1 Å². The molecule has 0 saturated carbocycles. The summed E-state index contributed by atoms with van der Waals surface area (Å²) in [6.45, 7) is 0. The van der Waals surface area contributed by atoms with Gasteiger partial charge in [-0.3, -0.25) is 9.97 Å². The van der Waals surface area contributed by atoms with Gasteiger partial charge in [-0.25, -0.2) is 19.9 Å². The third kappa shape index (κ3) is 5.52. The molecule has 0 bridgehead atoms. The molecular formula is C50H26N8. The summed E-state index contributed by atoms with van der Waals surface area (Å²) in [4.78, 5) is 29.7. The number of benzene rings is 5. The number of hydrogen-bond donors (Lipinski definition) is 0. The van der Waals surface area contributed by atoms with Gasteiger partial charge < -0.3 is 0 Å². The number of fused-ring (bicyclic) bond motifs is 9. The maximum atomic E-state index is 10.1. The molecule has 11 aromatic rings. The Morgan fingerprint density at radius 3 is 0.897 bits per heavy atom. The molecular weight excluding hydrogens is 713 g/mol. The summed E-state index contributed by atoms with van der Waals surface area (Å²) >= 11 is 0. The standard InChI is InChI=1S/C50H26N8/c51-27-29-21-37(41-15-11-33-7-5-31-3-1-19-53-45(31)47(33)55-41)25-39(23-29)43-17-13-35-9-10-36-14-18-44(58-50(36)49(35)57-43)40-24-30(28-52)22-38(26-40)42-16-12-34-8-6-32-4-2-20-54-46(32)48(34)56-42/h1-26H. The molecule has 0 aliphatic heterocycles. The van der Waals surface area contributed by atoms with Gasteiger partial charge in [0, 0.05) is 67.0 Å². The quantitative estimate of drug-likeness (QED) is 0.163. The number of nitriles is 2. The molecule has 0 aliphatic carbocycles. The van der Waals surface area contributed by atoms with Gasteiger partial charge in [0.2, 0.25) is 0 Å². The Morgan fingerprint density at radius 1 is 0.310 bits per heavy atom. The Labute approximate surface area is 331 Å². The van der Waals surface area contributed by atoms with Crippen LogP contribution in [0.25, 0.3) is 110 Å². The fraction of sp³-hybridized carbons (Fsp3) is 0. The molecule has 0 radical (unpaired) electrons. The Balaban J connectivity index is 1.02. The summed E-state index contributed by atoms with van der Waals surface area (Å²) in [6, 6.07) is 52.4. The number of pyridine rings is 6. The first-order valence-corrected chi connectivity index (χ1v) is 18.7. The summed E-state index contributed by atoms with van der Waals surface area (Å²) in [6.07, 6.45) is 3.56. The van der Waals surface area contributed by atoms with Gasteiger partial charge in [-0.05, 0) is 72.8 Å². The number of hydrogen-bond acceptors (Lipinski definition) is 8. The monoisotopic (exact) mass is 738 g/mol. The molecule has 266 valence electrons. The lowest BCUT2D eigenvalue weighted by Gasteiger charge is -2.11. The van der Waals surface area contributed by atoms with Crippen LogP contribution in [0.2, 0.25) is 0 Å². The van der Waals surface area contributed by atoms with Crippen LogP contribution in [0.4, 0.5) is 0 Å². The van der Waals surface area contributed by atoms with Crippen molar-refractivity contribution in [3.63, 3.8) is 0 Å². The van der Waals surface area contributed by atoms with Crippen molar-refractivity contribution < 1.29 is 0 Å². The topological polar surface area (TPSA) is 125 Å². The van der Waals surface area contributed by atoms with E-state index < -0.39 is 0 Å². The summed E-state index contributed by atoms with van der Waals surface area (Å²) in [5.41, 5.74) is 11.8. The summed E-state index contributed by atoms with van der Waals surface area (Å²) in [7, 11) is 0. The zero-order chi connectivity index (χ0) is 38.7. The van der Waals surface area contributed by atoms with Gasteiger partial charge in [0.15, 0.2) is 0 Å². The lowest BCUT2D eigenvalue weighted by atomic mass is 9.99. The van der Waals surface area contributed by atoms with E-state index in [1.807, 2.05) is 121 Å². The molecule has 6 heterocycles. The molecule has 5 aromatic carbocycles. The van der Waals surface area contributed by atoms with Crippen LogP contribution in [0.15, 0.2) is 158 Å². The highest BCUT2D eigenvalue weighted by Crippen LogP contribution is 2.34. The normalized spacial score (nSPS) is 11.4. The maximum absolute atomic E-state index is 10.1. The van der Waals surface area contributed by atoms with E-state index in [4.69, 9.17) is 19.9 Å². The first-order chi connectivity index (χ1) is 28.6. The number of rotatable bonds is 4. The Kier molecular flexibility index (Phi) is 7.43. The second-order valence-corrected chi connectivity index (χ2v) is 14.2. The molecule has 0 aliphatic rings. The Bertz CT molecular complexity index is 3380. The van der Waals surface area contributed by atoms with Crippen LogP contribution in [-0.4, -0.2) is 29.9 Å². The smallest absolute Gasteiger partial charge is 0.0992 e. The average Bonchev–Trinajstić information content (AvgIpc) is 3.30. The highest BCUT2D eigenvalue weighted by Gasteiger charge is 2.15. The van der Waals surface area contributed by atoms with E-state index in [0.717, 1.165) is 99.1 Å². The van der Waals surface area contributed by atoms with E-state index in [1.54, 1.807) is 12.4 Å². The number of nitrogens with zero attached hydrogens (tertiary/aromatic N) is 8. The van der Waals surface area contributed by atoms with Crippen LogP contribution < -0.4 is 0 Å². The predicted molar refractivity (Wildman–Crippen MR) is 229 cm³/mol. The van der Waals surface area contributed by atoms with Gasteiger partial charge >= 0.3 is 0 Å². The lowest BCUT2D eigenvalue weighted by Crippen LogP contribution is -1.94. The highest BCUT2D eigenvalue weighted by molar-refractivity contribution is 6.06. The molecule has 0 unspecified atom stereocenters. The largest absolute Gasteiger partial charge is 0.254 e. The minimum atomic E-state index is 0.504. The molecule has 8 nitrogen and oxygen atoms in total. The van der Waals surface area contributed by atoms with Crippen molar-refractivity contribution >= 4 is 65.4 Å². The summed E-state index contributed by atoms with van der Waals surface area (Å²) in [5.74, 6) is 0. The first kappa shape index (κ1) is 32.9. The van der Waals surface area contributed by atoms with Gasteiger partial charge in [-0.15, -0.1) is 0 Å². The molecule has 58 heavy (non-hydrogen) atoms. The van der Waals surface area contributed by atoms with Crippen molar-refractivity contribution in [2.24, 2.45) is 0 Å². The van der Waals surface area contributed by atoms with Gasteiger partial charge in [-0.1, -0.05) is 72.8 Å². The molecule has 0 N–H and O–H groups in total. The van der Waals surface area contributed by atoms with E-state index in [1.165, 1.54) is 0 Å². The molecule has 0 saturated heterocycles. The maximum Gasteiger partial charge on any atom is 0.0992 e.